The van der Waals surface area contributed by atoms with Crippen LogP contribution in [0, 0.1) is 0 Å². The third-order valence-corrected chi connectivity index (χ3v) is 3.53. The fraction of sp³-hybridized carbons (Fsp3) is 0.188. The van der Waals surface area contributed by atoms with Crippen molar-refractivity contribution in [2.45, 2.75) is 18.2 Å². The first-order chi connectivity index (χ1) is 10.0. The van der Waals surface area contributed by atoms with Gasteiger partial charge in [0, 0.05) is 12.0 Å². The predicted octanol–water partition coefficient (Wildman–Crippen LogP) is 4.27. The Labute approximate surface area is 119 Å². The van der Waals surface area contributed by atoms with Crippen LogP contribution in [-0.2, 0) is 10.4 Å². The van der Waals surface area contributed by atoms with E-state index in [-0.39, 0.29) is 12.0 Å². The summed E-state index contributed by atoms with van der Waals surface area (Å²) in [6, 6.07) is 16.4. The number of benzene rings is 2. The van der Waals surface area contributed by atoms with Crippen molar-refractivity contribution in [2.75, 3.05) is 0 Å². The molecule has 1 aliphatic heterocycles. The average Bonchev–Trinajstić information content (AvgIpc) is 2.95. The van der Waals surface area contributed by atoms with E-state index in [2.05, 4.69) is 5.16 Å². The molecule has 0 amide bonds. The van der Waals surface area contributed by atoms with Crippen molar-refractivity contribution < 1.29 is 18.0 Å². The second-order valence-corrected chi connectivity index (χ2v) is 4.86. The van der Waals surface area contributed by atoms with Crippen molar-refractivity contribution in [2.24, 2.45) is 5.16 Å². The number of nitrogens with zero attached hydrogens (tertiary/aromatic N) is 1. The van der Waals surface area contributed by atoms with Crippen molar-refractivity contribution in [1.29, 1.82) is 0 Å². The van der Waals surface area contributed by atoms with Gasteiger partial charge in [-0.2, -0.15) is 13.2 Å². The molecule has 0 aliphatic carbocycles. The maximum Gasteiger partial charge on any atom is 0.435 e. The molecule has 1 aliphatic rings. The van der Waals surface area contributed by atoms with E-state index in [9.17, 15) is 13.2 Å². The van der Waals surface area contributed by atoms with Gasteiger partial charge < -0.3 is 4.84 Å². The Balaban J connectivity index is 2.00. The number of hydrogen-bond acceptors (Lipinski definition) is 2. The monoisotopic (exact) mass is 291 g/mol. The zero-order valence-corrected chi connectivity index (χ0v) is 11.0. The Morgan fingerprint density at radius 2 is 1.48 bits per heavy atom. The number of rotatable bonds is 2. The van der Waals surface area contributed by atoms with Crippen LogP contribution in [0.1, 0.15) is 17.5 Å². The van der Waals surface area contributed by atoms with E-state index >= 15 is 0 Å². The number of halogens is 3. The zero-order valence-electron chi connectivity index (χ0n) is 11.0. The fourth-order valence-electron chi connectivity index (χ4n) is 2.40. The molecule has 3 rings (SSSR count). The normalized spacial score (nSPS) is 21.8. The highest BCUT2D eigenvalue weighted by Crippen LogP contribution is 2.48. The minimum atomic E-state index is -4.55. The summed E-state index contributed by atoms with van der Waals surface area (Å²) >= 11 is 0. The molecule has 0 N–H and O–H groups in total. The molecule has 0 unspecified atom stereocenters. The van der Waals surface area contributed by atoms with Crippen LogP contribution in [-0.4, -0.2) is 11.9 Å². The molecule has 0 saturated carbocycles. The minimum Gasteiger partial charge on any atom is -0.374 e. The first kappa shape index (κ1) is 13.7. The molecule has 0 spiro atoms. The number of alkyl halides is 3. The van der Waals surface area contributed by atoms with Crippen LogP contribution in [0.4, 0.5) is 13.2 Å². The van der Waals surface area contributed by atoms with Crippen molar-refractivity contribution >= 4 is 5.71 Å². The largest absolute Gasteiger partial charge is 0.435 e. The average molecular weight is 291 g/mol. The molecule has 2 aromatic rings. The Kier molecular flexibility index (Phi) is 3.20. The highest BCUT2D eigenvalue weighted by Gasteiger charge is 2.62. The molecule has 1 heterocycles. The summed E-state index contributed by atoms with van der Waals surface area (Å²) in [7, 11) is 0. The van der Waals surface area contributed by atoms with Gasteiger partial charge in [0.15, 0.2) is 0 Å². The van der Waals surface area contributed by atoms with Crippen molar-refractivity contribution in [1.82, 2.24) is 0 Å². The summed E-state index contributed by atoms with van der Waals surface area (Å²) in [5.74, 6) is 0. The Morgan fingerprint density at radius 1 is 0.905 bits per heavy atom. The van der Waals surface area contributed by atoms with E-state index in [4.69, 9.17) is 4.84 Å². The Hall–Kier alpha value is -2.30. The van der Waals surface area contributed by atoms with E-state index < -0.39 is 11.8 Å². The lowest BCUT2D eigenvalue weighted by atomic mass is 9.86. The summed E-state index contributed by atoms with van der Waals surface area (Å²) in [6.45, 7) is 0. The van der Waals surface area contributed by atoms with Crippen LogP contribution in [0.15, 0.2) is 65.8 Å². The van der Waals surface area contributed by atoms with Gasteiger partial charge in [0.1, 0.15) is 0 Å². The molecule has 21 heavy (non-hydrogen) atoms. The van der Waals surface area contributed by atoms with E-state index in [0.717, 1.165) is 0 Å². The van der Waals surface area contributed by atoms with Gasteiger partial charge >= 0.3 is 6.18 Å². The van der Waals surface area contributed by atoms with Gasteiger partial charge in [-0.1, -0.05) is 65.8 Å². The molecule has 0 radical (unpaired) electrons. The van der Waals surface area contributed by atoms with Gasteiger partial charge in [-0.25, -0.2) is 0 Å². The van der Waals surface area contributed by atoms with Gasteiger partial charge in [-0.15, -0.1) is 0 Å². The van der Waals surface area contributed by atoms with Gasteiger partial charge in [0.2, 0.25) is 0 Å². The topological polar surface area (TPSA) is 21.6 Å². The van der Waals surface area contributed by atoms with E-state index in [1.165, 1.54) is 12.1 Å². The summed E-state index contributed by atoms with van der Waals surface area (Å²) in [5.41, 5.74) is -1.40. The van der Waals surface area contributed by atoms with Crippen LogP contribution in [0.25, 0.3) is 0 Å². The van der Waals surface area contributed by atoms with Crippen LogP contribution < -0.4 is 0 Å². The van der Waals surface area contributed by atoms with Crippen molar-refractivity contribution in [3.05, 3.63) is 71.8 Å². The predicted molar refractivity (Wildman–Crippen MR) is 72.9 cm³/mol. The van der Waals surface area contributed by atoms with E-state index in [1.807, 2.05) is 0 Å². The lowest BCUT2D eigenvalue weighted by Crippen LogP contribution is -2.42. The zero-order chi connectivity index (χ0) is 14.9. The summed E-state index contributed by atoms with van der Waals surface area (Å²) in [6.07, 6.45) is -4.88. The SMILES string of the molecule is FC(F)(F)[C@]1(c2ccccc2)CC(c2ccccc2)=NO1. The quantitative estimate of drug-likeness (QED) is 0.809. The van der Waals surface area contributed by atoms with E-state index in [1.54, 1.807) is 48.5 Å². The molecule has 2 aromatic carbocycles. The molecule has 2 nitrogen and oxygen atoms in total. The fourth-order valence-corrected chi connectivity index (χ4v) is 2.40. The molecular formula is C16H12F3NO. The molecule has 0 fully saturated rings. The highest BCUT2D eigenvalue weighted by molar-refractivity contribution is 6.01. The second-order valence-electron chi connectivity index (χ2n) is 4.86. The first-order valence-corrected chi connectivity index (χ1v) is 6.46. The molecule has 0 bridgehead atoms. The van der Waals surface area contributed by atoms with Crippen molar-refractivity contribution in [3.63, 3.8) is 0 Å². The number of hydrogen-bond donors (Lipinski definition) is 0. The highest BCUT2D eigenvalue weighted by atomic mass is 19.4. The molecular weight excluding hydrogens is 279 g/mol. The van der Waals surface area contributed by atoms with Gasteiger partial charge in [-0.3, -0.25) is 0 Å². The maximum atomic E-state index is 13.6. The molecule has 0 aromatic heterocycles. The van der Waals surface area contributed by atoms with Crippen LogP contribution in [0.2, 0.25) is 0 Å². The van der Waals surface area contributed by atoms with Gasteiger partial charge in [0.05, 0.1) is 5.71 Å². The lowest BCUT2D eigenvalue weighted by Gasteiger charge is -2.29. The molecule has 108 valence electrons. The van der Waals surface area contributed by atoms with E-state index in [0.29, 0.717) is 11.3 Å². The molecule has 5 heteroatoms. The Morgan fingerprint density at radius 3 is 2.05 bits per heavy atom. The lowest BCUT2D eigenvalue weighted by molar-refractivity contribution is -0.275. The second kappa shape index (κ2) is 4.91. The van der Waals surface area contributed by atoms with Crippen LogP contribution in [0.3, 0.4) is 0 Å². The smallest absolute Gasteiger partial charge is 0.374 e. The molecule has 0 saturated heterocycles. The third-order valence-electron chi connectivity index (χ3n) is 3.53. The summed E-state index contributed by atoms with van der Waals surface area (Å²) in [4.78, 5) is 4.92. The third kappa shape index (κ3) is 2.28. The van der Waals surface area contributed by atoms with Crippen LogP contribution >= 0.6 is 0 Å². The van der Waals surface area contributed by atoms with Gasteiger partial charge in [0.25, 0.3) is 5.60 Å². The first-order valence-electron chi connectivity index (χ1n) is 6.46. The maximum absolute atomic E-state index is 13.6. The standard InChI is InChI=1S/C16H12F3NO/c17-16(18,19)15(13-9-5-2-6-10-13)11-14(20-21-15)12-7-3-1-4-8-12/h1-10H,11H2/t15-/m1/s1. The minimum absolute atomic E-state index is 0.0622. The van der Waals surface area contributed by atoms with Crippen LogP contribution in [0.5, 0.6) is 0 Å². The summed E-state index contributed by atoms with van der Waals surface area (Å²) in [5, 5.41) is 3.70. The Bertz CT molecular complexity index is 652. The molecule has 1 atom stereocenters. The number of oxime groups is 1. The van der Waals surface area contributed by atoms with Crippen molar-refractivity contribution in [3.8, 4) is 0 Å². The summed E-state index contributed by atoms with van der Waals surface area (Å²) < 4.78 is 40.8. The van der Waals surface area contributed by atoms with Gasteiger partial charge in [-0.05, 0) is 5.56 Å².